The number of hydrogen-bond donors (Lipinski definition) is 2. The molecule has 28 heavy (non-hydrogen) atoms. The van der Waals surface area contributed by atoms with E-state index in [4.69, 9.17) is 0 Å². The molecule has 7 nitrogen and oxygen atoms in total. The van der Waals surface area contributed by atoms with Crippen molar-refractivity contribution in [2.75, 3.05) is 6.54 Å². The fraction of sp³-hybridized carbons (Fsp3) is 0.524. The lowest BCUT2D eigenvalue weighted by atomic mass is 9.79. The highest BCUT2D eigenvalue weighted by atomic mass is 16.4. The average Bonchev–Trinajstić information content (AvgIpc) is 2.95. The molecule has 150 valence electrons. The molecule has 1 heterocycles. The summed E-state index contributed by atoms with van der Waals surface area (Å²) in [6.45, 7) is 4.01. The summed E-state index contributed by atoms with van der Waals surface area (Å²) in [5, 5.41) is 12.2. The first kappa shape index (κ1) is 20.0. The predicted molar refractivity (Wildman–Crippen MR) is 102 cm³/mol. The predicted octanol–water partition coefficient (Wildman–Crippen LogP) is 2.70. The Labute approximate surface area is 164 Å². The maximum Gasteiger partial charge on any atom is 0.306 e. The molecule has 0 aromatic heterocycles. The maximum absolute atomic E-state index is 12.6. The topological polar surface area (TPSA) is 104 Å². The number of fused-ring (bicyclic) bond motifs is 1. The van der Waals surface area contributed by atoms with Gasteiger partial charge in [0.15, 0.2) is 0 Å². The molecular weight excluding hydrogens is 360 g/mol. The van der Waals surface area contributed by atoms with Gasteiger partial charge in [-0.2, -0.15) is 0 Å². The Morgan fingerprint density at radius 3 is 2.54 bits per heavy atom. The fourth-order valence-corrected chi connectivity index (χ4v) is 4.09. The Balaban J connectivity index is 1.71. The molecular formula is C21H26N2O5. The van der Waals surface area contributed by atoms with Crippen LogP contribution < -0.4 is 5.32 Å². The maximum atomic E-state index is 12.6. The van der Waals surface area contributed by atoms with E-state index >= 15 is 0 Å². The third kappa shape index (κ3) is 3.66. The first-order chi connectivity index (χ1) is 13.3. The lowest BCUT2D eigenvalue weighted by Crippen LogP contribution is -2.37. The molecule has 1 fully saturated rings. The van der Waals surface area contributed by atoms with Crippen LogP contribution in [0.5, 0.6) is 0 Å². The van der Waals surface area contributed by atoms with Gasteiger partial charge >= 0.3 is 5.97 Å². The zero-order valence-corrected chi connectivity index (χ0v) is 16.2. The zero-order chi connectivity index (χ0) is 20.4. The summed E-state index contributed by atoms with van der Waals surface area (Å²) in [7, 11) is 0. The fourth-order valence-electron chi connectivity index (χ4n) is 4.09. The quantitative estimate of drug-likeness (QED) is 0.732. The van der Waals surface area contributed by atoms with Crippen LogP contribution in [0.2, 0.25) is 0 Å². The number of benzene rings is 1. The van der Waals surface area contributed by atoms with Crippen molar-refractivity contribution < 1.29 is 24.3 Å². The van der Waals surface area contributed by atoms with Gasteiger partial charge in [-0.15, -0.1) is 0 Å². The third-order valence-corrected chi connectivity index (χ3v) is 5.96. The van der Waals surface area contributed by atoms with E-state index in [0.717, 1.165) is 19.3 Å². The molecule has 1 aliphatic heterocycles. The summed E-state index contributed by atoms with van der Waals surface area (Å²) in [6, 6.07) is 4.31. The number of hydrogen-bond acceptors (Lipinski definition) is 4. The molecule has 0 bridgehead atoms. The molecule has 1 aliphatic carbocycles. The van der Waals surface area contributed by atoms with E-state index in [1.807, 2.05) is 13.8 Å². The van der Waals surface area contributed by atoms with Crippen LogP contribution in [0, 0.1) is 11.8 Å². The van der Waals surface area contributed by atoms with Gasteiger partial charge in [0.2, 0.25) is 0 Å². The molecule has 1 aromatic rings. The van der Waals surface area contributed by atoms with Crippen LogP contribution >= 0.6 is 0 Å². The summed E-state index contributed by atoms with van der Waals surface area (Å²) < 4.78 is 0. The van der Waals surface area contributed by atoms with Gasteiger partial charge in [-0.05, 0) is 50.3 Å². The molecule has 2 N–H and O–H groups in total. The molecule has 1 unspecified atom stereocenters. The standard InChI is InChI=1S/C21H26N2O5/c1-3-12(2)23-19(25)16-9-8-13(10-17(16)20(23)26)18(24)22-11-14-6-4-5-7-15(14)21(27)28/h8-10,12,14-15H,3-7,11H2,1-2H3,(H,22,24)(H,27,28)/t12?,14-,15-/m0/s1. The highest BCUT2D eigenvalue weighted by Crippen LogP contribution is 2.30. The van der Waals surface area contributed by atoms with Crippen LogP contribution in [-0.2, 0) is 4.79 Å². The van der Waals surface area contributed by atoms with Gasteiger partial charge in [0.25, 0.3) is 17.7 Å². The number of aliphatic carboxylic acids is 1. The number of imide groups is 1. The number of carbonyl (C=O) groups is 4. The number of amides is 3. The Bertz CT molecular complexity index is 819. The van der Waals surface area contributed by atoms with Crippen LogP contribution in [0.4, 0.5) is 0 Å². The molecule has 7 heteroatoms. The lowest BCUT2D eigenvalue weighted by Gasteiger charge is -2.28. The summed E-state index contributed by atoms with van der Waals surface area (Å²) in [4.78, 5) is 50.3. The Kier molecular flexibility index (Phi) is 5.82. The van der Waals surface area contributed by atoms with E-state index in [-0.39, 0.29) is 35.2 Å². The van der Waals surface area contributed by atoms with Crippen LogP contribution in [0.1, 0.15) is 77.0 Å². The second-order valence-electron chi connectivity index (χ2n) is 7.70. The Hall–Kier alpha value is -2.70. The molecule has 0 spiro atoms. The Morgan fingerprint density at radius 2 is 1.86 bits per heavy atom. The highest BCUT2D eigenvalue weighted by Gasteiger charge is 2.38. The van der Waals surface area contributed by atoms with E-state index in [1.165, 1.54) is 23.1 Å². The lowest BCUT2D eigenvalue weighted by molar-refractivity contribution is -0.144. The SMILES string of the molecule is CCC(C)N1C(=O)c2ccc(C(=O)NC[C@@H]3CCCC[C@@H]3C(=O)O)cc2C1=O. The highest BCUT2D eigenvalue weighted by molar-refractivity contribution is 6.22. The van der Waals surface area contributed by atoms with Crippen molar-refractivity contribution in [3.63, 3.8) is 0 Å². The van der Waals surface area contributed by atoms with Crippen molar-refractivity contribution in [1.29, 1.82) is 0 Å². The van der Waals surface area contributed by atoms with Crippen molar-refractivity contribution in [1.82, 2.24) is 10.2 Å². The smallest absolute Gasteiger partial charge is 0.306 e. The molecule has 1 saturated carbocycles. The van der Waals surface area contributed by atoms with Crippen LogP contribution in [0.15, 0.2) is 18.2 Å². The molecule has 3 atom stereocenters. The van der Waals surface area contributed by atoms with Crippen LogP contribution in [-0.4, -0.2) is 46.3 Å². The Morgan fingerprint density at radius 1 is 1.18 bits per heavy atom. The van der Waals surface area contributed by atoms with E-state index in [9.17, 15) is 24.3 Å². The average molecular weight is 386 g/mol. The van der Waals surface area contributed by atoms with E-state index < -0.39 is 11.9 Å². The van der Waals surface area contributed by atoms with Crippen molar-refractivity contribution in [2.24, 2.45) is 11.8 Å². The molecule has 2 aliphatic rings. The molecule has 1 aromatic carbocycles. The molecule has 0 radical (unpaired) electrons. The van der Waals surface area contributed by atoms with Gasteiger partial charge in [-0.25, -0.2) is 0 Å². The van der Waals surface area contributed by atoms with Gasteiger partial charge in [-0.1, -0.05) is 19.8 Å². The minimum absolute atomic E-state index is 0.0891. The number of nitrogens with one attached hydrogen (secondary N) is 1. The first-order valence-corrected chi connectivity index (χ1v) is 9.88. The van der Waals surface area contributed by atoms with Crippen molar-refractivity contribution in [3.8, 4) is 0 Å². The number of rotatable bonds is 6. The molecule has 3 amide bonds. The normalized spacial score (nSPS) is 22.7. The minimum Gasteiger partial charge on any atom is -0.481 e. The third-order valence-electron chi connectivity index (χ3n) is 5.96. The molecule has 0 saturated heterocycles. The van der Waals surface area contributed by atoms with Gasteiger partial charge in [0.1, 0.15) is 0 Å². The zero-order valence-electron chi connectivity index (χ0n) is 16.2. The summed E-state index contributed by atoms with van der Waals surface area (Å²) in [5.41, 5.74) is 0.868. The second kappa shape index (κ2) is 8.12. The monoisotopic (exact) mass is 386 g/mol. The largest absolute Gasteiger partial charge is 0.481 e. The number of carbonyl (C=O) groups excluding carboxylic acids is 3. The van der Waals surface area contributed by atoms with Crippen molar-refractivity contribution >= 4 is 23.7 Å². The van der Waals surface area contributed by atoms with E-state index in [1.54, 1.807) is 0 Å². The van der Waals surface area contributed by atoms with Crippen LogP contribution in [0.25, 0.3) is 0 Å². The van der Waals surface area contributed by atoms with Gasteiger partial charge in [0.05, 0.1) is 17.0 Å². The van der Waals surface area contributed by atoms with Crippen LogP contribution in [0.3, 0.4) is 0 Å². The van der Waals surface area contributed by atoms with Gasteiger partial charge < -0.3 is 10.4 Å². The number of carboxylic acids is 1. The first-order valence-electron chi connectivity index (χ1n) is 9.88. The van der Waals surface area contributed by atoms with E-state index in [2.05, 4.69) is 5.32 Å². The summed E-state index contributed by atoms with van der Waals surface area (Å²) in [5.74, 6) is -2.40. The van der Waals surface area contributed by atoms with E-state index in [0.29, 0.717) is 30.5 Å². The second-order valence-corrected chi connectivity index (χ2v) is 7.70. The summed E-state index contributed by atoms with van der Waals surface area (Å²) >= 11 is 0. The van der Waals surface area contributed by atoms with Gasteiger partial charge in [0, 0.05) is 18.2 Å². The van der Waals surface area contributed by atoms with Gasteiger partial charge in [-0.3, -0.25) is 24.1 Å². The molecule has 3 rings (SSSR count). The number of carboxylic acid groups (broad SMARTS) is 1. The van der Waals surface area contributed by atoms with Crippen molar-refractivity contribution in [3.05, 3.63) is 34.9 Å². The van der Waals surface area contributed by atoms with Crippen molar-refractivity contribution in [2.45, 2.75) is 52.0 Å². The summed E-state index contributed by atoms with van der Waals surface area (Å²) in [6.07, 6.45) is 3.93. The number of nitrogens with zero attached hydrogens (tertiary/aromatic N) is 1. The minimum atomic E-state index is -0.814.